The zero-order valence-corrected chi connectivity index (χ0v) is 12.3. The molecule has 0 radical (unpaired) electrons. The van der Waals surface area contributed by atoms with Gasteiger partial charge >= 0.3 is 0 Å². The van der Waals surface area contributed by atoms with Crippen LogP contribution in [0, 0.1) is 16.7 Å². The van der Waals surface area contributed by atoms with Gasteiger partial charge < -0.3 is 9.84 Å². The van der Waals surface area contributed by atoms with Gasteiger partial charge in [0.25, 0.3) is 0 Å². The molecule has 6 atom stereocenters. The molecule has 108 valence electrons. The Labute approximate surface area is 115 Å². The zero-order valence-electron chi connectivity index (χ0n) is 12.3. The number of fused-ring (bicyclic) bond motifs is 7. The normalized spacial score (nSPS) is 58.6. The Hall–Kier alpha value is -0.160. The van der Waals surface area contributed by atoms with E-state index in [-0.39, 0.29) is 18.2 Å². The number of hydrogen-bond donors (Lipinski definition) is 1. The Morgan fingerprint density at radius 1 is 1.26 bits per heavy atom. The minimum Gasteiger partial charge on any atom is -0.393 e. The fourth-order valence-electron chi connectivity index (χ4n) is 5.23. The number of aliphatic hydroxyl groups is 1. The summed E-state index contributed by atoms with van der Waals surface area (Å²) < 4.78 is 6.37. The highest BCUT2D eigenvalue weighted by Gasteiger charge is 2.73. The predicted molar refractivity (Wildman–Crippen MR) is 70.1 cm³/mol. The number of hydrogen-bond acceptors (Lipinski definition) is 4. The third-order valence-corrected chi connectivity index (χ3v) is 6.87. The van der Waals surface area contributed by atoms with Crippen LogP contribution in [0.4, 0.5) is 0 Å². The quantitative estimate of drug-likeness (QED) is 0.788. The molecule has 4 nitrogen and oxygen atoms in total. The molecule has 19 heavy (non-hydrogen) atoms. The van der Waals surface area contributed by atoms with Crippen molar-refractivity contribution in [3.63, 3.8) is 0 Å². The fourth-order valence-corrected chi connectivity index (χ4v) is 5.23. The second kappa shape index (κ2) is 3.35. The summed E-state index contributed by atoms with van der Waals surface area (Å²) >= 11 is 0. The van der Waals surface area contributed by atoms with E-state index in [9.17, 15) is 5.11 Å². The van der Waals surface area contributed by atoms with Crippen LogP contribution in [-0.2, 0) is 9.57 Å². The summed E-state index contributed by atoms with van der Waals surface area (Å²) in [7, 11) is 0. The third kappa shape index (κ3) is 1.25. The van der Waals surface area contributed by atoms with Gasteiger partial charge in [0, 0.05) is 11.8 Å². The molecule has 2 heterocycles. The highest BCUT2D eigenvalue weighted by Crippen LogP contribution is 2.70. The lowest BCUT2D eigenvalue weighted by atomic mass is 9.70. The number of rotatable bonds is 1. The van der Waals surface area contributed by atoms with Gasteiger partial charge in [0.05, 0.1) is 18.8 Å². The monoisotopic (exact) mass is 267 g/mol. The first-order valence-corrected chi connectivity index (χ1v) is 7.56. The van der Waals surface area contributed by atoms with Crippen LogP contribution in [0.2, 0.25) is 0 Å². The van der Waals surface area contributed by atoms with Gasteiger partial charge in [-0.3, -0.25) is 4.84 Å². The third-order valence-electron chi connectivity index (χ3n) is 6.87. The van der Waals surface area contributed by atoms with E-state index in [1.54, 1.807) is 0 Å². The van der Waals surface area contributed by atoms with E-state index >= 15 is 0 Å². The molecule has 0 amide bonds. The molecular weight excluding hydrogens is 242 g/mol. The lowest BCUT2D eigenvalue weighted by Crippen LogP contribution is -2.44. The van der Waals surface area contributed by atoms with Crippen molar-refractivity contribution >= 4 is 0 Å². The predicted octanol–water partition coefficient (Wildman–Crippen LogP) is 1.92. The van der Waals surface area contributed by atoms with Gasteiger partial charge in [-0.05, 0) is 31.1 Å². The van der Waals surface area contributed by atoms with Crippen LogP contribution in [0.25, 0.3) is 0 Å². The van der Waals surface area contributed by atoms with Crippen LogP contribution in [0.15, 0.2) is 0 Å². The minimum atomic E-state index is -0.456. The van der Waals surface area contributed by atoms with E-state index in [0.717, 1.165) is 6.42 Å². The van der Waals surface area contributed by atoms with Gasteiger partial charge in [-0.2, -0.15) is 5.06 Å². The topological polar surface area (TPSA) is 41.9 Å². The second-order valence-corrected chi connectivity index (χ2v) is 8.05. The van der Waals surface area contributed by atoms with Crippen LogP contribution in [0.5, 0.6) is 0 Å². The van der Waals surface area contributed by atoms with Crippen molar-refractivity contribution < 1.29 is 14.7 Å². The molecule has 2 saturated heterocycles. The van der Waals surface area contributed by atoms with Gasteiger partial charge in [-0.25, -0.2) is 0 Å². The summed E-state index contributed by atoms with van der Waals surface area (Å²) in [5.74, 6) is 0.647. The summed E-state index contributed by atoms with van der Waals surface area (Å²) in [4.78, 5) is 6.09. The molecule has 4 rings (SSSR count). The lowest BCUT2D eigenvalue weighted by Gasteiger charge is -2.38. The minimum absolute atomic E-state index is 0.0446. The standard InChI is InChI=1S/C15H25NO3/c1-13(2)9-5-6-15(13,4)12-11(9)16-10(18-12)7-14(3,8-17)19-16/h9-12,17H,5-8H2,1-4H3/t9-,10+,11-,12-,14+,15+/m1/s1. The average Bonchev–Trinajstić information content (AvgIpc) is 2.94. The van der Waals surface area contributed by atoms with Crippen LogP contribution >= 0.6 is 0 Å². The first-order valence-electron chi connectivity index (χ1n) is 7.56. The first kappa shape index (κ1) is 12.6. The van der Waals surface area contributed by atoms with E-state index in [0.29, 0.717) is 23.5 Å². The summed E-state index contributed by atoms with van der Waals surface area (Å²) in [6, 6.07) is 0.382. The van der Waals surface area contributed by atoms with Gasteiger partial charge in [0.2, 0.25) is 0 Å². The highest BCUT2D eigenvalue weighted by atomic mass is 16.8. The maximum absolute atomic E-state index is 9.50. The molecule has 4 heteroatoms. The van der Waals surface area contributed by atoms with Crippen molar-refractivity contribution in [2.24, 2.45) is 16.7 Å². The molecule has 2 aliphatic heterocycles. The maximum atomic E-state index is 9.50. The summed E-state index contributed by atoms with van der Waals surface area (Å²) in [5.41, 5.74) is 0.128. The molecule has 2 bridgehead atoms. The summed E-state index contributed by atoms with van der Waals surface area (Å²) in [5, 5.41) is 11.6. The molecule has 0 unspecified atom stereocenters. The van der Waals surface area contributed by atoms with Crippen LogP contribution in [0.1, 0.15) is 47.0 Å². The van der Waals surface area contributed by atoms with E-state index in [1.807, 2.05) is 6.92 Å². The number of aliphatic hydroxyl groups excluding tert-OH is 1. The van der Waals surface area contributed by atoms with Gasteiger partial charge in [0.15, 0.2) is 0 Å². The molecule has 0 aromatic rings. The Morgan fingerprint density at radius 3 is 2.68 bits per heavy atom. The SMILES string of the molecule is CC1(C)[C@@H]2CC[C@@]1(C)[C@@H]1O[C@H]3C[C@@](C)(CO)ON3[C@H]21. The molecule has 0 spiro atoms. The number of ether oxygens (including phenoxy) is 1. The zero-order chi connectivity index (χ0) is 13.6. The molecule has 0 aromatic heterocycles. The first-order chi connectivity index (χ1) is 8.82. The van der Waals surface area contributed by atoms with Crippen molar-refractivity contribution in [3.8, 4) is 0 Å². The molecule has 4 fully saturated rings. The van der Waals surface area contributed by atoms with Crippen molar-refractivity contribution in [1.29, 1.82) is 0 Å². The Balaban J connectivity index is 1.68. The van der Waals surface area contributed by atoms with Crippen molar-refractivity contribution in [1.82, 2.24) is 5.06 Å². The van der Waals surface area contributed by atoms with Gasteiger partial charge in [-0.1, -0.05) is 20.8 Å². The van der Waals surface area contributed by atoms with E-state index in [2.05, 4.69) is 25.8 Å². The van der Waals surface area contributed by atoms with Crippen molar-refractivity contribution in [3.05, 3.63) is 0 Å². The van der Waals surface area contributed by atoms with Crippen LogP contribution in [-0.4, -0.2) is 40.8 Å². The maximum Gasteiger partial charge on any atom is 0.136 e. The average molecular weight is 267 g/mol. The second-order valence-electron chi connectivity index (χ2n) is 8.05. The molecule has 4 aliphatic rings. The smallest absolute Gasteiger partial charge is 0.136 e. The molecule has 0 aromatic carbocycles. The van der Waals surface area contributed by atoms with Crippen LogP contribution in [0.3, 0.4) is 0 Å². The van der Waals surface area contributed by atoms with Gasteiger partial charge in [-0.15, -0.1) is 0 Å². The van der Waals surface area contributed by atoms with Crippen molar-refractivity contribution in [2.45, 2.75) is 70.9 Å². The highest BCUT2D eigenvalue weighted by molar-refractivity contribution is 5.20. The molecular formula is C15H25NO3. The van der Waals surface area contributed by atoms with Crippen LogP contribution < -0.4 is 0 Å². The summed E-state index contributed by atoms with van der Waals surface area (Å²) in [6.45, 7) is 9.21. The lowest BCUT2D eigenvalue weighted by molar-refractivity contribution is -0.232. The number of nitrogens with zero attached hydrogens (tertiary/aromatic N) is 1. The largest absolute Gasteiger partial charge is 0.393 e. The van der Waals surface area contributed by atoms with E-state index < -0.39 is 5.60 Å². The molecule has 2 saturated carbocycles. The summed E-state index contributed by atoms with van der Waals surface area (Å²) in [6.07, 6.45) is 3.66. The fraction of sp³-hybridized carbons (Fsp3) is 1.00. The Morgan fingerprint density at radius 2 is 2.00 bits per heavy atom. The molecule has 2 aliphatic carbocycles. The van der Waals surface area contributed by atoms with Crippen molar-refractivity contribution in [2.75, 3.05) is 6.61 Å². The van der Waals surface area contributed by atoms with Gasteiger partial charge in [0.1, 0.15) is 11.8 Å². The molecule has 1 N–H and O–H groups in total. The van der Waals surface area contributed by atoms with E-state index in [1.165, 1.54) is 12.8 Å². The number of hydroxylamine groups is 2. The Bertz CT molecular complexity index is 426. The Kier molecular flexibility index (Phi) is 2.22. The van der Waals surface area contributed by atoms with E-state index in [4.69, 9.17) is 9.57 Å².